The largest absolute Gasteiger partial charge is 0.408 e. The maximum Gasteiger partial charge on any atom is 0.193 e. The van der Waals surface area contributed by atoms with E-state index in [4.69, 9.17) is 21.8 Å². The van der Waals surface area contributed by atoms with E-state index < -0.39 is 25.3 Å². The first kappa shape index (κ1) is 25.0. The SMILES string of the molecule is CC(O)(CN)c1cc(C(C)(C)O[Si](C)(C)C(C)(C)C)cc(-c2ccc(F)c(Cl)c2)n1. The standard InChI is InChI=1S/C23H34ClFN2O2Si/c1-21(2,3)30(7,8)29-22(4,5)16-12-19(15-9-10-18(25)17(24)11-15)27-20(13-16)23(6,28)14-26/h9-13,28H,14,26H2,1-8H3. The van der Waals surface area contributed by atoms with Crippen LogP contribution in [0.4, 0.5) is 4.39 Å². The maximum absolute atomic E-state index is 13.7. The smallest absolute Gasteiger partial charge is 0.193 e. The summed E-state index contributed by atoms with van der Waals surface area (Å²) in [6.07, 6.45) is 0. The van der Waals surface area contributed by atoms with Gasteiger partial charge in [-0.3, -0.25) is 0 Å². The summed E-state index contributed by atoms with van der Waals surface area (Å²) in [5.74, 6) is -0.493. The van der Waals surface area contributed by atoms with Gasteiger partial charge in [0.05, 0.1) is 22.0 Å². The Morgan fingerprint density at radius 1 is 1.10 bits per heavy atom. The van der Waals surface area contributed by atoms with E-state index in [9.17, 15) is 9.50 Å². The molecule has 0 fully saturated rings. The van der Waals surface area contributed by atoms with Gasteiger partial charge >= 0.3 is 0 Å². The molecule has 0 saturated carbocycles. The summed E-state index contributed by atoms with van der Waals surface area (Å²) in [4.78, 5) is 4.62. The van der Waals surface area contributed by atoms with Gasteiger partial charge in [-0.05, 0) is 74.8 Å². The molecule has 3 N–H and O–H groups in total. The van der Waals surface area contributed by atoms with Crippen molar-refractivity contribution in [2.45, 2.75) is 70.9 Å². The fourth-order valence-corrected chi connectivity index (χ4v) is 4.79. The number of nitrogens with zero attached hydrogens (tertiary/aromatic N) is 1. The summed E-state index contributed by atoms with van der Waals surface area (Å²) in [6, 6.07) is 8.22. The maximum atomic E-state index is 13.7. The van der Waals surface area contributed by atoms with E-state index in [0.717, 1.165) is 5.56 Å². The van der Waals surface area contributed by atoms with E-state index in [1.165, 1.54) is 12.1 Å². The molecular weight excluding hydrogens is 419 g/mol. The number of aromatic nitrogens is 1. The Kier molecular flexibility index (Phi) is 6.92. The molecule has 1 aromatic carbocycles. The summed E-state index contributed by atoms with van der Waals surface area (Å²) in [5.41, 5.74) is 6.38. The lowest BCUT2D eigenvalue weighted by Crippen LogP contribution is -2.46. The molecule has 0 amide bonds. The fraction of sp³-hybridized carbons (Fsp3) is 0.522. The molecule has 0 aliphatic rings. The Morgan fingerprint density at radius 3 is 2.20 bits per heavy atom. The highest BCUT2D eigenvalue weighted by Gasteiger charge is 2.42. The second kappa shape index (κ2) is 8.32. The molecular formula is C23H34ClFN2O2Si. The van der Waals surface area contributed by atoms with Crippen LogP contribution < -0.4 is 5.73 Å². The van der Waals surface area contributed by atoms with Crippen molar-refractivity contribution in [3.05, 3.63) is 52.4 Å². The zero-order valence-corrected chi connectivity index (χ0v) is 21.0. The van der Waals surface area contributed by atoms with Crippen LogP contribution in [0.15, 0.2) is 30.3 Å². The van der Waals surface area contributed by atoms with Gasteiger partial charge < -0.3 is 15.3 Å². The van der Waals surface area contributed by atoms with Crippen LogP contribution >= 0.6 is 11.6 Å². The van der Waals surface area contributed by atoms with Gasteiger partial charge in [-0.1, -0.05) is 32.4 Å². The zero-order valence-electron chi connectivity index (χ0n) is 19.2. The van der Waals surface area contributed by atoms with Gasteiger partial charge in [0.2, 0.25) is 0 Å². The number of nitrogens with two attached hydrogens (primary N) is 1. The van der Waals surface area contributed by atoms with Crippen molar-refractivity contribution >= 4 is 19.9 Å². The first-order valence-corrected chi connectivity index (χ1v) is 13.4. The highest BCUT2D eigenvalue weighted by molar-refractivity contribution is 6.74. The topological polar surface area (TPSA) is 68.4 Å². The molecule has 1 unspecified atom stereocenters. The molecule has 0 spiro atoms. The highest BCUT2D eigenvalue weighted by atomic mass is 35.5. The molecule has 1 heterocycles. The van der Waals surface area contributed by atoms with Crippen molar-refractivity contribution in [1.82, 2.24) is 4.98 Å². The van der Waals surface area contributed by atoms with Crippen LogP contribution in [0.2, 0.25) is 23.2 Å². The first-order valence-electron chi connectivity index (χ1n) is 10.1. The van der Waals surface area contributed by atoms with Gasteiger partial charge in [-0.25, -0.2) is 9.37 Å². The molecule has 0 bridgehead atoms. The summed E-state index contributed by atoms with van der Waals surface area (Å²) >= 11 is 6.00. The number of benzene rings is 1. The number of pyridine rings is 1. The van der Waals surface area contributed by atoms with E-state index in [-0.39, 0.29) is 16.6 Å². The Balaban J connectivity index is 2.66. The predicted molar refractivity (Wildman–Crippen MR) is 125 cm³/mol. The molecule has 30 heavy (non-hydrogen) atoms. The fourth-order valence-electron chi connectivity index (χ4n) is 2.91. The number of halogens is 2. The lowest BCUT2D eigenvalue weighted by Gasteiger charge is -2.43. The van der Waals surface area contributed by atoms with Crippen LogP contribution in [0, 0.1) is 5.82 Å². The lowest BCUT2D eigenvalue weighted by molar-refractivity contribution is 0.0605. The third kappa shape index (κ3) is 5.29. The van der Waals surface area contributed by atoms with Gasteiger partial charge in [0, 0.05) is 12.1 Å². The molecule has 1 atom stereocenters. The average Bonchev–Trinajstić information content (AvgIpc) is 2.61. The molecule has 2 aromatic rings. The molecule has 0 aliphatic heterocycles. The minimum absolute atomic E-state index is 0.0105. The van der Waals surface area contributed by atoms with Crippen molar-refractivity contribution < 1.29 is 13.9 Å². The quantitative estimate of drug-likeness (QED) is 0.530. The zero-order chi connectivity index (χ0) is 23.1. The van der Waals surface area contributed by atoms with E-state index in [1.807, 2.05) is 26.0 Å². The number of hydrogen-bond donors (Lipinski definition) is 2. The normalized spacial score (nSPS) is 15.2. The Hall–Kier alpha value is -1.31. The van der Waals surface area contributed by atoms with Gasteiger partial charge in [-0.2, -0.15) is 0 Å². The van der Waals surface area contributed by atoms with Crippen molar-refractivity contribution in [2.24, 2.45) is 5.73 Å². The molecule has 0 aliphatic carbocycles. The van der Waals surface area contributed by atoms with Crippen LogP contribution in [0.5, 0.6) is 0 Å². The van der Waals surface area contributed by atoms with E-state index >= 15 is 0 Å². The van der Waals surface area contributed by atoms with Gasteiger partial charge in [0.15, 0.2) is 8.32 Å². The minimum atomic E-state index is -2.09. The molecule has 2 rings (SSSR count). The molecule has 7 heteroatoms. The molecule has 0 saturated heterocycles. The van der Waals surface area contributed by atoms with Crippen molar-refractivity contribution in [2.75, 3.05) is 6.54 Å². The highest BCUT2D eigenvalue weighted by Crippen LogP contribution is 2.42. The summed E-state index contributed by atoms with van der Waals surface area (Å²) < 4.78 is 20.4. The van der Waals surface area contributed by atoms with Crippen molar-refractivity contribution in [1.29, 1.82) is 0 Å². The van der Waals surface area contributed by atoms with Gasteiger partial charge in [-0.15, -0.1) is 0 Å². The summed E-state index contributed by atoms with van der Waals surface area (Å²) in [5, 5.41) is 10.9. The Morgan fingerprint density at radius 2 is 1.70 bits per heavy atom. The van der Waals surface area contributed by atoms with E-state index in [0.29, 0.717) is 17.0 Å². The predicted octanol–water partition coefficient (Wildman–Crippen LogP) is 5.96. The molecule has 4 nitrogen and oxygen atoms in total. The van der Waals surface area contributed by atoms with Crippen LogP contribution in [-0.4, -0.2) is 25.0 Å². The third-order valence-electron chi connectivity index (χ3n) is 6.00. The average molecular weight is 453 g/mol. The third-order valence-corrected chi connectivity index (χ3v) is 10.9. The van der Waals surface area contributed by atoms with Gasteiger partial charge in [0.25, 0.3) is 0 Å². The number of rotatable bonds is 6. The second-order valence-electron chi connectivity index (χ2n) is 10.1. The monoisotopic (exact) mass is 452 g/mol. The Labute approximate surface area is 185 Å². The summed E-state index contributed by atoms with van der Waals surface area (Å²) in [7, 11) is -2.09. The first-order chi connectivity index (χ1) is 13.5. The Bertz CT molecular complexity index is 924. The van der Waals surface area contributed by atoms with Crippen molar-refractivity contribution in [3.8, 4) is 11.3 Å². The second-order valence-corrected chi connectivity index (χ2v) is 15.2. The number of hydrogen-bond acceptors (Lipinski definition) is 4. The minimum Gasteiger partial charge on any atom is -0.408 e. The van der Waals surface area contributed by atoms with E-state index in [2.05, 4.69) is 38.8 Å². The van der Waals surface area contributed by atoms with Crippen LogP contribution in [0.1, 0.15) is 52.8 Å². The van der Waals surface area contributed by atoms with Gasteiger partial charge in [0.1, 0.15) is 11.4 Å². The molecule has 166 valence electrons. The number of aliphatic hydroxyl groups is 1. The molecule has 1 aromatic heterocycles. The summed E-state index contributed by atoms with van der Waals surface area (Å²) in [6.45, 7) is 16.7. The molecule has 0 radical (unpaired) electrons. The van der Waals surface area contributed by atoms with Crippen molar-refractivity contribution in [3.63, 3.8) is 0 Å². The van der Waals surface area contributed by atoms with Crippen LogP contribution in [0.25, 0.3) is 11.3 Å². The van der Waals surface area contributed by atoms with E-state index in [1.54, 1.807) is 13.0 Å². The lowest BCUT2D eigenvalue weighted by atomic mass is 9.92. The van der Waals surface area contributed by atoms with Crippen LogP contribution in [0.3, 0.4) is 0 Å². The van der Waals surface area contributed by atoms with Crippen LogP contribution in [-0.2, 0) is 15.6 Å².